The highest BCUT2D eigenvalue weighted by molar-refractivity contribution is 5.43. The van der Waals surface area contributed by atoms with Crippen LogP contribution in [0.25, 0.3) is 0 Å². The molecule has 1 aromatic carbocycles. The van der Waals surface area contributed by atoms with Gasteiger partial charge in [0, 0.05) is 0 Å². The summed E-state index contributed by atoms with van der Waals surface area (Å²) in [6.45, 7) is 73.7. The molecule has 0 aliphatic heterocycles. The third kappa shape index (κ3) is 11.2. The second-order valence-electron chi connectivity index (χ2n) is 27.3. The van der Waals surface area contributed by atoms with Gasteiger partial charge in [-0.25, -0.2) is 0 Å². The minimum absolute atomic E-state index is 0.0190. The van der Waals surface area contributed by atoms with Crippen LogP contribution in [0.15, 0.2) is 53.1 Å². The van der Waals surface area contributed by atoms with Crippen LogP contribution in [0.3, 0.4) is 0 Å². The molecule has 0 N–H and O–H groups in total. The summed E-state index contributed by atoms with van der Waals surface area (Å²) in [7, 11) is 0. The Morgan fingerprint density at radius 2 is 0.456 bits per heavy atom. The predicted molar refractivity (Wildman–Crippen MR) is 262 cm³/mol. The first-order chi connectivity index (χ1) is 24.7. The number of hydrogen-bond donors (Lipinski definition) is 0. The van der Waals surface area contributed by atoms with Crippen LogP contribution in [0.5, 0.6) is 0 Å². The van der Waals surface area contributed by atoms with Gasteiger partial charge in [0.15, 0.2) is 0 Å². The molecule has 0 amide bonds. The number of allylic oxidation sites excluding steroid dienone is 6. The average molecular weight is 787 g/mol. The molecule has 0 aromatic heterocycles. The molecule has 0 aliphatic rings. The van der Waals surface area contributed by atoms with E-state index < -0.39 is 0 Å². The number of rotatable bonds is 18. The van der Waals surface area contributed by atoms with Crippen molar-refractivity contribution in [3.8, 4) is 0 Å². The molecule has 330 valence electrons. The molecular weight excluding hydrogens is 685 g/mol. The van der Waals surface area contributed by atoms with Crippen molar-refractivity contribution < 1.29 is 0 Å². The van der Waals surface area contributed by atoms with Crippen LogP contribution in [-0.4, -0.2) is 0 Å². The zero-order valence-corrected chi connectivity index (χ0v) is 44.6. The standard InChI is InChI=1S/C57H102/c1-40(2)34-46(7,8)49(13,14)37-52(19,20)55(25,26)43-31-44(56(27,28)53(21,22)38-50(15,16)47(9,10)35-41(3)4)33-45(32-43)57(29,30)54(23,24)39-51(17,18)48(11,12)36-42(5)6/h31-36H,37-39H2,1-30H3. The van der Waals surface area contributed by atoms with Gasteiger partial charge in [0.1, 0.15) is 0 Å². The van der Waals surface area contributed by atoms with E-state index in [1.165, 1.54) is 33.4 Å². The van der Waals surface area contributed by atoms with Gasteiger partial charge in [0.2, 0.25) is 0 Å². The molecule has 0 saturated carbocycles. The predicted octanol–water partition coefficient (Wildman–Crippen LogP) is 18.8. The van der Waals surface area contributed by atoms with Crippen LogP contribution in [0.1, 0.15) is 244 Å². The zero-order valence-electron chi connectivity index (χ0n) is 44.6. The van der Waals surface area contributed by atoms with Gasteiger partial charge in [-0.1, -0.05) is 219 Å². The molecule has 0 heterocycles. The Morgan fingerprint density at radius 1 is 0.298 bits per heavy atom. The van der Waals surface area contributed by atoms with E-state index in [1.54, 1.807) is 0 Å². The van der Waals surface area contributed by atoms with Crippen molar-refractivity contribution >= 4 is 0 Å². The van der Waals surface area contributed by atoms with Gasteiger partial charge in [-0.3, -0.25) is 0 Å². The fraction of sp³-hybridized carbons (Fsp3) is 0.789. The smallest absolute Gasteiger partial charge is 0.00520 e. The fourth-order valence-electron chi connectivity index (χ4n) is 10.3. The molecule has 1 rings (SSSR count). The van der Waals surface area contributed by atoms with E-state index in [0.29, 0.717) is 0 Å². The van der Waals surface area contributed by atoms with Crippen molar-refractivity contribution in [2.75, 3.05) is 0 Å². The maximum absolute atomic E-state index is 2.65. The van der Waals surface area contributed by atoms with Gasteiger partial charge in [0.25, 0.3) is 0 Å². The Hall–Kier alpha value is -1.56. The quantitative estimate of drug-likeness (QED) is 0.130. The molecule has 0 heteroatoms. The first-order valence-electron chi connectivity index (χ1n) is 22.8. The van der Waals surface area contributed by atoms with Crippen molar-refractivity contribution in [1.82, 2.24) is 0 Å². The SMILES string of the molecule is CC(C)=CC(C)(C)C(C)(C)CC(C)(C)C(C)(C)c1cc(C(C)(C)C(C)(C)CC(C)(C)C(C)(C)C=C(C)C)cc(C(C)(C)C(C)(C)CC(C)(C)C(C)(C)C=C(C)C)c1. The molecule has 0 atom stereocenters. The lowest BCUT2D eigenvalue weighted by Gasteiger charge is -2.53. The summed E-state index contributed by atoms with van der Waals surface area (Å²) in [5.74, 6) is 0. The molecule has 0 unspecified atom stereocenters. The highest BCUT2D eigenvalue weighted by atomic mass is 14.6. The molecule has 0 bridgehead atoms. The van der Waals surface area contributed by atoms with E-state index in [-0.39, 0.29) is 65.0 Å². The molecule has 0 spiro atoms. The minimum Gasteiger partial charge on any atom is -0.0799 e. The fourth-order valence-corrected chi connectivity index (χ4v) is 10.3. The van der Waals surface area contributed by atoms with Gasteiger partial charge in [-0.2, -0.15) is 0 Å². The number of benzene rings is 1. The summed E-state index contributed by atoms with van der Waals surface area (Å²) in [5.41, 5.74) is 8.94. The summed E-state index contributed by atoms with van der Waals surface area (Å²) in [6, 6.07) is 7.96. The third-order valence-electron chi connectivity index (χ3n) is 18.0. The van der Waals surface area contributed by atoms with Crippen LogP contribution >= 0.6 is 0 Å². The Labute approximate surface area is 360 Å². The summed E-state index contributed by atoms with van der Waals surface area (Å²) < 4.78 is 0. The largest absolute Gasteiger partial charge is 0.0799 e. The summed E-state index contributed by atoms with van der Waals surface area (Å²) in [4.78, 5) is 0. The Bertz CT molecular complexity index is 1420. The Balaban J connectivity index is 4.31. The van der Waals surface area contributed by atoms with Gasteiger partial charge >= 0.3 is 0 Å². The zero-order chi connectivity index (χ0) is 45.8. The van der Waals surface area contributed by atoms with Crippen molar-refractivity contribution in [1.29, 1.82) is 0 Å². The first-order valence-corrected chi connectivity index (χ1v) is 22.8. The second-order valence-corrected chi connectivity index (χ2v) is 27.3. The Kier molecular flexibility index (Phi) is 15.4. The molecule has 0 fully saturated rings. The van der Waals surface area contributed by atoms with Gasteiger partial charge < -0.3 is 0 Å². The lowest BCUT2D eigenvalue weighted by molar-refractivity contribution is 0.0439. The molecule has 0 saturated heterocycles. The van der Waals surface area contributed by atoms with E-state index in [0.717, 1.165) is 19.3 Å². The van der Waals surface area contributed by atoms with Crippen molar-refractivity contribution in [2.45, 2.75) is 243 Å². The lowest BCUT2D eigenvalue weighted by Crippen LogP contribution is -2.46. The molecule has 57 heavy (non-hydrogen) atoms. The summed E-state index contributed by atoms with van der Waals surface area (Å²) in [6.07, 6.45) is 10.9. The lowest BCUT2D eigenvalue weighted by atomic mass is 9.51. The topological polar surface area (TPSA) is 0 Å². The van der Waals surface area contributed by atoms with Crippen molar-refractivity contribution in [2.24, 2.45) is 48.7 Å². The van der Waals surface area contributed by atoms with E-state index >= 15 is 0 Å². The molecule has 0 aliphatic carbocycles. The van der Waals surface area contributed by atoms with Crippen molar-refractivity contribution in [3.05, 3.63) is 69.8 Å². The molecular formula is C57H102. The highest BCUT2D eigenvalue weighted by Crippen LogP contribution is 2.59. The van der Waals surface area contributed by atoms with E-state index in [9.17, 15) is 0 Å². The van der Waals surface area contributed by atoms with Gasteiger partial charge in [0.05, 0.1) is 0 Å². The minimum atomic E-state index is -0.0913. The molecule has 0 radical (unpaired) electrons. The average Bonchev–Trinajstić information content (AvgIpc) is 2.92. The van der Waals surface area contributed by atoms with E-state index in [4.69, 9.17) is 0 Å². The van der Waals surface area contributed by atoms with Crippen LogP contribution in [0.4, 0.5) is 0 Å². The van der Waals surface area contributed by atoms with Gasteiger partial charge in [-0.05, 0) is 142 Å². The summed E-state index contributed by atoms with van der Waals surface area (Å²) >= 11 is 0. The maximum Gasteiger partial charge on any atom is -0.00520 e. The number of hydrogen-bond acceptors (Lipinski definition) is 0. The van der Waals surface area contributed by atoms with Crippen LogP contribution in [-0.2, 0) is 16.2 Å². The Morgan fingerprint density at radius 3 is 0.596 bits per heavy atom. The monoisotopic (exact) mass is 787 g/mol. The van der Waals surface area contributed by atoms with Crippen LogP contribution in [0, 0.1) is 48.7 Å². The summed E-state index contributed by atoms with van der Waals surface area (Å²) in [5, 5.41) is 0. The molecule has 1 aromatic rings. The first kappa shape index (κ1) is 53.5. The van der Waals surface area contributed by atoms with Gasteiger partial charge in [-0.15, -0.1) is 0 Å². The normalized spacial score (nSPS) is 15.1. The van der Waals surface area contributed by atoms with E-state index in [2.05, 4.69) is 244 Å². The van der Waals surface area contributed by atoms with Crippen LogP contribution < -0.4 is 0 Å². The third-order valence-corrected chi connectivity index (χ3v) is 18.0. The second kappa shape index (κ2) is 16.4. The van der Waals surface area contributed by atoms with E-state index in [1.807, 2.05) is 0 Å². The van der Waals surface area contributed by atoms with Crippen molar-refractivity contribution in [3.63, 3.8) is 0 Å². The molecule has 0 nitrogen and oxygen atoms in total. The van der Waals surface area contributed by atoms with Crippen LogP contribution in [0.2, 0.25) is 0 Å². The highest BCUT2D eigenvalue weighted by Gasteiger charge is 2.51. The maximum atomic E-state index is 2.65.